The number of thioether (sulfide) groups is 1. The number of nitrogens with zero attached hydrogens (tertiary/aromatic N) is 1. The van der Waals surface area contributed by atoms with Crippen LogP contribution in [0.5, 0.6) is 0 Å². The van der Waals surface area contributed by atoms with Crippen molar-refractivity contribution >= 4 is 23.6 Å². The first-order valence-corrected chi connectivity index (χ1v) is 8.50. The molecule has 2 amide bonds. The smallest absolute Gasteiger partial charge is 0.288 e. The fourth-order valence-electron chi connectivity index (χ4n) is 2.26. The van der Waals surface area contributed by atoms with Gasteiger partial charge in [-0.15, -0.1) is 0 Å². The second-order valence-electron chi connectivity index (χ2n) is 5.33. The van der Waals surface area contributed by atoms with Gasteiger partial charge in [-0.2, -0.15) is 8.78 Å². The van der Waals surface area contributed by atoms with E-state index in [0.29, 0.717) is 28.8 Å². The summed E-state index contributed by atoms with van der Waals surface area (Å²) in [4.78, 5) is 25.7. The summed E-state index contributed by atoms with van der Waals surface area (Å²) in [6.45, 7) is 0.525. The minimum Gasteiger partial charge on any atom is -0.370 e. The van der Waals surface area contributed by atoms with Crippen molar-refractivity contribution in [1.82, 2.24) is 4.90 Å². The van der Waals surface area contributed by atoms with Gasteiger partial charge in [-0.3, -0.25) is 9.59 Å². The Bertz CT molecular complexity index is 709. The summed E-state index contributed by atoms with van der Waals surface area (Å²) >= 11 is 0.425. The lowest BCUT2D eigenvalue weighted by atomic mass is 10.1. The quantitative estimate of drug-likeness (QED) is 0.729. The number of nitrogens with two attached hydrogens (primary N) is 1. The predicted molar refractivity (Wildman–Crippen MR) is 93.3 cm³/mol. The molecule has 2 aromatic rings. The molecule has 0 heterocycles. The van der Waals surface area contributed by atoms with E-state index in [2.05, 4.69) is 0 Å². The molecule has 0 fully saturated rings. The molecule has 132 valence electrons. The number of rotatable bonds is 8. The van der Waals surface area contributed by atoms with Gasteiger partial charge in [-0.1, -0.05) is 42.1 Å². The van der Waals surface area contributed by atoms with Gasteiger partial charge in [-0.25, -0.2) is 0 Å². The highest BCUT2D eigenvalue weighted by Gasteiger charge is 2.17. The van der Waals surface area contributed by atoms with Crippen LogP contribution in [-0.4, -0.2) is 29.0 Å². The zero-order valence-corrected chi connectivity index (χ0v) is 14.2. The number of hydrogen-bond acceptors (Lipinski definition) is 3. The number of alkyl halides is 2. The number of amides is 2. The van der Waals surface area contributed by atoms with Gasteiger partial charge in [0.15, 0.2) is 0 Å². The molecule has 0 aromatic heterocycles. The summed E-state index contributed by atoms with van der Waals surface area (Å²) in [5.74, 6) is -3.28. The second-order valence-corrected chi connectivity index (χ2v) is 6.39. The van der Waals surface area contributed by atoms with Crippen LogP contribution in [0, 0.1) is 0 Å². The van der Waals surface area contributed by atoms with Crippen molar-refractivity contribution in [3.8, 4) is 0 Å². The van der Waals surface area contributed by atoms with E-state index in [-0.39, 0.29) is 18.9 Å². The molecule has 2 N–H and O–H groups in total. The van der Waals surface area contributed by atoms with Crippen molar-refractivity contribution < 1.29 is 18.4 Å². The average Bonchev–Trinajstić information content (AvgIpc) is 2.59. The molecular formula is C18H18F2N2O2S. The van der Waals surface area contributed by atoms with Crippen LogP contribution in [0.15, 0.2) is 59.5 Å². The molecule has 0 saturated carbocycles. The molecule has 0 aliphatic rings. The Labute approximate surface area is 149 Å². The molecule has 0 saturated heterocycles. The minimum absolute atomic E-state index is 0.0535. The van der Waals surface area contributed by atoms with Gasteiger partial charge in [0.1, 0.15) is 0 Å². The van der Waals surface area contributed by atoms with Crippen LogP contribution in [0.25, 0.3) is 0 Å². The third kappa shape index (κ3) is 6.19. The summed E-state index contributed by atoms with van der Waals surface area (Å²) in [5.41, 5.74) is 6.48. The SMILES string of the molecule is NC(=O)CCN(Cc1ccccc1)C(=O)c1ccc(SC(F)F)cc1. The lowest BCUT2D eigenvalue weighted by Crippen LogP contribution is -2.33. The Balaban J connectivity index is 2.14. The predicted octanol–water partition coefficient (Wildman–Crippen LogP) is 3.52. The van der Waals surface area contributed by atoms with Crippen molar-refractivity contribution in [2.75, 3.05) is 6.54 Å². The molecule has 0 bridgehead atoms. The third-order valence-corrected chi connectivity index (χ3v) is 4.18. The first-order chi connectivity index (χ1) is 12.0. The maximum Gasteiger partial charge on any atom is 0.288 e. The maximum atomic E-state index is 12.7. The number of hydrogen-bond donors (Lipinski definition) is 1. The first kappa shape index (κ1) is 18.9. The van der Waals surface area contributed by atoms with Gasteiger partial charge in [0.25, 0.3) is 11.7 Å². The van der Waals surface area contributed by atoms with E-state index in [9.17, 15) is 18.4 Å². The third-order valence-electron chi connectivity index (χ3n) is 3.46. The minimum atomic E-state index is -2.51. The molecule has 0 radical (unpaired) electrons. The highest BCUT2D eigenvalue weighted by atomic mass is 32.2. The topological polar surface area (TPSA) is 63.4 Å². The van der Waals surface area contributed by atoms with E-state index >= 15 is 0 Å². The molecule has 0 aliphatic heterocycles. The molecule has 4 nitrogen and oxygen atoms in total. The first-order valence-electron chi connectivity index (χ1n) is 7.62. The highest BCUT2D eigenvalue weighted by molar-refractivity contribution is 7.99. The Morgan fingerprint density at radius 2 is 1.68 bits per heavy atom. The second kappa shape index (κ2) is 9.17. The Morgan fingerprint density at radius 1 is 1.04 bits per heavy atom. The van der Waals surface area contributed by atoms with Crippen molar-refractivity contribution in [2.45, 2.75) is 23.6 Å². The standard InChI is InChI=1S/C18H18F2N2O2S/c19-18(20)25-15-8-6-14(7-9-15)17(24)22(11-10-16(21)23)12-13-4-2-1-3-5-13/h1-9,18H,10-12H2,(H2,21,23). The van der Waals surface area contributed by atoms with E-state index in [0.717, 1.165) is 5.56 Å². The number of halogens is 2. The molecule has 25 heavy (non-hydrogen) atoms. The normalized spacial score (nSPS) is 10.7. The lowest BCUT2D eigenvalue weighted by Gasteiger charge is -2.22. The summed E-state index contributed by atoms with van der Waals surface area (Å²) in [6, 6.07) is 15.4. The van der Waals surface area contributed by atoms with Gasteiger partial charge in [0.05, 0.1) is 0 Å². The molecular weight excluding hydrogens is 346 g/mol. The molecule has 0 aliphatic carbocycles. The number of primary amides is 1. The summed E-state index contributed by atoms with van der Waals surface area (Å²) in [5, 5.41) is 0. The van der Waals surface area contributed by atoms with Crippen LogP contribution in [0.2, 0.25) is 0 Å². The van der Waals surface area contributed by atoms with Crippen molar-refractivity contribution in [2.24, 2.45) is 5.73 Å². The van der Waals surface area contributed by atoms with Crippen LogP contribution in [-0.2, 0) is 11.3 Å². The summed E-state index contributed by atoms with van der Waals surface area (Å²) in [6.07, 6.45) is 0.0535. The Kier molecular flexibility index (Phi) is 6.94. The van der Waals surface area contributed by atoms with Gasteiger partial charge >= 0.3 is 0 Å². The van der Waals surface area contributed by atoms with Crippen LogP contribution in [0.4, 0.5) is 8.78 Å². The summed E-state index contributed by atoms with van der Waals surface area (Å²) in [7, 11) is 0. The molecule has 0 unspecified atom stereocenters. The van der Waals surface area contributed by atoms with Gasteiger partial charge < -0.3 is 10.6 Å². The van der Waals surface area contributed by atoms with Gasteiger partial charge in [-0.05, 0) is 29.8 Å². The van der Waals surface area contributed by atoms with Crippen molar-refractivity contribution in [3.63, 3.8) is 0 Å². The summed E-state index contributed by atoms with van der Waals surface area (Å²) < 4.78 is 24.7. The van der Waals surface area contributed by atoms with Gasteiger partial charge in [0, 0.05) is 30.0 Å². The number of carbonyl (C=O) groups excluding carboxylic acids is 2. The number of benzene rings is 2. The zero-order chi connectivity index (χ0) is 18.2. The lowest BCUT2D eigenvalue weighted by molar-refractivity contribution is -0.118. The fourth-order valence-corrected chi connectivity index (χ4v) is 2.76. The van der Waals surface area contributed by atoms with E-state index < -0.39 is 11.7 Å². The highest BCUT2D eigenvalue weighted by Crippen LogP contribution is 2.25. The Morgan fingerprint density at radius 3 is 2.24 bits per heavy atom. The van der Waals surface area contributed by atoms with E-state index in [4.69, 9.17) is 5.73 Å². The molecule has 0 spiro atoms. The zero-order valence-electron chi connectivity index (χ0n) is 13.4. The fraction of sp³-hybridized carbons (Fsp3) is 0.222. The Hall–Kier alpha value is -2.41. The van der Waals surface area contributed by atoms with Crippen molar-refractivity contribution in [3.05, 3.63) is 65.7 Å². The molecule has 2 aromatic carbocycles. The maximum absolute atomic E-state index is 12.7. The van der Waals surface area contributed by atoms with Crippen molar-refractivity contribution in [1.29, 1.82) is 0 Å². The van der Waals surface area contributed by atoms with Crippen LogP contribution in [0.1, 0.15) is 22.3 Å². The van der Waals surface area contributed by atoms with Gasteiger partial charge in [0.2, 0.25) is 5.91 Å². The van der Waals surface area contributed by atoms with Crippen LogP contribution in [0.3, 0.4) is 0 Å². The largest absolute Gasteiger partial charge is 0.370 e. The van der Waals surface area contributed by atoms with E-state index in [1.54, 1.807) is 0 Å². The molecule has 0 atom stereocenters. The van der Waals surface area contributed by atoms with Crippen LogP contribution >= 0.6 is 11.8 Å². The number of carbonyl (C=O) groups is 2. The monoisotopic (exact) mass is 364 g/mol. The molecule has 7 heteroatoms. The van der Waals surface area contributed by atoms with E-state index in [1.165, 1.54) is 29.2 Å². The van der Waals surface area contributed by atoms with E-state index in [1.807, 2.05) is 30.3 Å². The van der Waals surface area contributed by atoms with Crippen LogP contribution < -0.4 is 5.73 Å². The molecule has 2 rings (SSSR count). The average molecular weight is 364 g/mol.